The van der Waals surface area contributed by atoms with Gasteiger partial charge in [0.1, 0.15) is 11.3 Å². The van der Waals surface area contributed by atoms with E-state index >= 15 is 0 Å². The van der Waals surface area contributed by atoms with Crippen molar-refractivity contribution < 1.29 is 35.6 Å². The summed E-state index contributed by atoms with van der Waals surface area (Å²) in [6.07, 6.45) is -3.04. The molecule has 0 radical (unpaired) electrons. The van der Waals surface area contributed by atoms with Crippen molar-refractivity contribution in [1.29, 1.82) is 0 Å². The maximum absolute atomic E-state index is 13.7. The number of rotatable bonds is 10. The van der Waals surface area contributed by atoms with Gasteiger partial charge in [0.15, 0.2) is 9.84 Å². The van der Waals surface area contributed by atoms with Gasteiger partial charge in [0, 0.05) is 47.6 Å². The minimum absolute atomic E-state index is 0.00897. The quantitative estimate of drug-likeness (QED) is 0.219. The molecule has 8 nitrogen and oxygen atoms in total. The minimum Gasteiger partial charge on any atom is -0.460 e. The number of nitrogens with zero attached hydrogens (tertiary/aromatic N) is 1. The van der Waals surface area contributed by atoms with Gasteiger partial charge in [0.05, 0.1) is 27.9 Å². The molecule has 0 spiro atoms. The summed E-state index contributed by atoms with van der Waals surface area (Å²) >= 11 is 5.83. The fourth-order valence-electron chi connectivity index (χ4n) is 4.68. The van der Waals surface area contributed by atoms with Gasteiger partial charge in [0.25, 0.3) is 5.91 Å². The van der Waals surface area contributed by atoms with Crippen molar-refractivity contribution in [2.24, 2.45) is 0 Å². The zero-order valence-electron chi connectivity index (χ0n) is 23.5. The number of carbonyl (C=O) groups excluding carboxylic acids is 2. The molecule has 2 heterocycles. The number of alkyl halides is 3. The molecule has 0 aliphatic heterocycles. The van der Waals surface area contributed by atoms with Gasteiger partial charge >= 0.3 is 6.18 Å². The smallest absolute Gasteiger partial charge is 0.416 e. The standard InChI is InChI=1S/C30H29ClF3N3O5S/c1-4-22-23-10-7-19(13-28(23)42-27(22)12-18-6-8-20(31)14-24(18)30(32,33)34)29(39)37-26(16-35-17(3)38)25-11-9-21(15-36-25)43(40,41)5-2/h6-11,13-15,26H,4-5,12,16H2,1-3H3,(H,35,38)(H,37,39)/t26-/m1/s1. The number of pyridine rings is 1. The molecule has 4 rings (SSSR count). The van der Waals surface area contributed by atoms with Crippen molar-refractivity contribution in [3.05, 3.63) is 93.5 Å². The number of aromatic nitrogens is 1. The molecule has 0 unspecified atom stereocenters. The van der Waals surface area contributed by atoms with Gasteiger partial charge in [-0.15, -0.1) is 0 Å². The molecule has 0 fully saturated rings. The second-order valence-corrected chi connectivity index (χ2v) is 12.5. The van der Waals surface area contributed by atoms with Crippen LogP contribution in [0.4, 0.5) is 13.2 Å². The van der Waals surface area contributed by atoms with Crippen molar-refractivity contribution in [2.75, 3.05) is 12.3 Å². The number of hydrogen-bond acceptors (Lipinski definition) is 6. The first-order valence-electron chi connectivity index (χ1n) is 13.4. The van der Waals surface area contributed by atoms with E-state index in [1.54, 1.807) is 12.1 Å². The van der Waals surface area contributed by atoms with Gasteiger partial charge in [-0.1, -0.05) is 37.6 Å². The predicted molar refractivity (Wildman–Crippen MR) is 156 cm³/mol. The molecule has 0 saturated carbocycles. The highest BCUT2D eigenvalue weighted by Gasteiger charge is 2.34. The average molecular weight is 636 g/mol. The topological polar surface area (TPSA) is 118 Å². The van der Waals surface area contributed by atoms with Crippen LogP contribution in [0.2, 0.25) is 5.02 Å². The van der Waals surface area contributed by atoms with Crippen LogP contribution in [-0.4, -0.2) is 37.5 Å². The van der Waals surface area contributed by atoms with Crippen LogP contribution in [0.15, 0.2) is 64.0 Å². The van der Waals surface area contributed by atoms with Crippen LogP contribution in [0.25, 0.3) is 11.0 Å². The Morgan fingerprint density at radius 1 is 1.07 bits per heavy atom. The van der Waals surface area contributed by atoms with Crippen molar-refractivity contribution >= 4 is 44.2 Å². The summed E-state index contributed by atoms with van der Waals surface area (Å²) in [7, 11) is -3.48. The Balaban J connectivity index is 1.63. The van der Waals surface area contributed by atoms with Crippen molar-refractivity contribution in [3.63, 3.8) is 0 Å². The van der Waals surface area contributed by atoms with E-state index in [4.69, 9.17) is 16.0 Å². The van der Waals surface area contributed by atoms with Crippen LogP contribution < -0.4 is 10.6 Å². The number of halogens is 4. The average Bonchev–Trinajstić information content (AvgIpc) is 3.31. The van der Waals surface area contributed by atoms with Crippen LogP contribution >= 0.6 is 11.6 Å². The highest BCUT2D eigenvalue weighted by atomic mass is 35.5. The van der Waals surface area contributed by atoms with Gasteiger partial charge in [-0.3, -0.25) is 14.6 Å². The molecule has 2 N–H and O–H groups in total. The summed E-state index contributed by atoms with van der Waals surface area (Å²) in [5.74, 6) is -0.620. The molecule has 0 saturated heterocycles. The molecule has 13 heteroatoms. The largest absolute Gasteiger partial charge is 0.460 e. The van der Waals surface area contributed by atoms with E-state index in [1.807, 2.05) is 6.92 Å². The third kappa shape index (κ3) is 7.37. The number of aryl methyl sites for hydroxylation is 1. The molecular weight excluding hydrogens is 607 g/mol. The Morgan fingerprint density at radius 2 is 1.81 bits per heavy atom. The monoisotopic (exact) mass is 635 g/mol. The summed E-state index contributed by atoms with van der Waals surface area (Å²) < 4.78 is 71.4. The van der Waals surface area contributed by atoms with E-state index in [1.165, 1.54) is 50.4 Å². The lowest BCUT2D eigenvalue weighted by Gasteiger charge is -2.19. The van der Waals surface area contributed by atoms with E-state index in [0.717, 1.165) is 11.6 Å². The van der Waals surface area contributed by atoms with Crippen LogP contribution in [0.5, 0.6) is 0 Å². The Kier molecular flexibility index (Phi) is 9.50. The molecular formula is C30H29ClF3N3O5S. The molecule has 2 aromatic heterocycles. The SMILES string of the molecule is CCc1c(Cc2ccc(Cl)cc2C(F)(F)F)oc2cc(C(=O)N[C@H](CNC(C)=O)c3ccc(S(=O)(=O)CC)cn3)ccc12. The Labute approximate surface area is 251 Å². The number of sulfone groups is 1. The molecule has 228 valence electrons. The fraction of sp³-hybridized carbons (Fsp3) is 0.300. The number of fused-ring (bicyclic) bond motifs is 1. The third-order valence-electron chi connectivity index (χ3n) is 6.94. The summed E-state index contributed by atoms with van der Waals surface area (Å²) in [5, 5.41) is 6.07. The lowest BCUT2D eigenvalue weighted by Crippen LogP contribution is -2.37. The van der Waals surface area contributed by atoms with Crippen molar-refractivity contribution in [1.82, 2.24) is 15.6 Å². The zero-order chi connectivity index (χ0) is 31.5. The van der Waals surface area contributed by atoms with Gasteiger partial charge in [-0.05, 0) is 48.4 Å². The van der Waals surface area contributed by atoms with Crippen molar-refractivity contribution in [3.8, 4) is 0 Å². The van der Waals surface area contributed by atoms with Crippen LogP contribution in [0, 0.1) is 0 Å². The van der Waals surface area contributed by atoms with E-state index < -0.39 is 33.5 Å². The summed E-state index contributed by atoms with van der Waals surface area (Å²) in [6.45, 7) is 4.68. The number of hydrogen-bond donors (Lipinski definition) is 2. The van der Waals surface area contributed by atoms with Gasteiger partial charge in [-0.25, -0.2) is 8.42 Å². The highest BCUT2D eigenvalue weighted by Crippen LogP contribution is 2.36. The predicted octanol–water partition coefficient (Wildman–Crippen LogP) is 6.05. The van der Waals surface area contributed by atoms with Crippen LogP contribution in [0.1, 0.15) is 65.3 Å². The molecule has 0 bridgehead atoms. The normalized spacial score (nSPS) is 12.7. The molecule has 2 amide bonds. The molecule has 1 atom stereocenters. The minimum atomic E-state index is -4.60. The highest BCUT2D eigenvalue weighted by molar-refractivity contribution is 7.91. The molecule has 0 aliphatic rings. The first kappa shape index (κ1) is 32.0. The number of carbonyl (C=O) groups is 2. The lowest BCUT2D eigenvalue weighted by atomic mass is 9.99. The summed E-state index contributed by atoms with van der Waals surface area (Å²) in [6, 6.07) is 10.4. The number of amides is 2. The number of nitrogens with one attached hydrogen (secondary N) is 2. The number of furan rings is 1. The third-order valence-corrected chi connectivity index (χ3v) is 8.89. The first-order valence-corrected chi connectivity index (χ1v) is 15.4. The molecule has 4 aromatic rings. The fourth-order valence-corrected chi connectivity index (χ4v) is 5.67. The Hall–Kier alpha value is -3.90. The summed E-state index contributed by atoms with van der Waals surface area (Å²) in [5.41, 5.74) is 0.745. The lowest BCUT2D eigenvalue weighted by molar-refractivity contribution is -0.138. The van der Waals surface area contributed by atoms with Crippen LogP contribution in [-0.2, 0) is 33.6 Å². The zero-order valence-corrected chi connectivity index (χ0v) is 25.1. The van der Waals surface area contributed by atoms with Crippen molar-refractivity contribution in [2.45, 2.75) is 50.7 Å². The van der Waals surface area contributed by atoms with Crippen LogP contribution in [0.3, 0.4) is 0 Å². The molecule has 0 aliphatic carbocycles. The van der Waals surface area contributed by atoms with E-state index in [0.29, 0.717) is 28.8 Å². The molecule has 43 heavy (non-hydrogen) atoms. The number of benzene rings is 2. The second kappa shape index (κ2) is 12.8. The molecule has 2 aromatic carbocycles. The van der Waals surface area contributed by atoms with E-state index in [9.17, 15) is 31.2 Å². The first-order chi connectivity index (χ1) is 20.2. The summed E-state index contributed by atoms with van der Waals surface area (Å²) in [4.78, 5) is 29.1. The second-order valence-electron chi connectivity index (χ2n) is 9.83. The van der Waals surface area contributed by atoms with Gasteiger partial charge in [-0.2, -0.15) is 13.2 Å². The van der Waals surface area contributed by atoms with Gasteiger partial charge in [0.2, 0.25) is 5.91 Å². The maximum atomic E-state index is 13.7. The van der Waals surface area contributed by atoms with Gasteiger partial charge < -0.3 is 15.1 Å². The van der Waals surface area contributed by atoms with E-state index in [2.05, 4.69) is 15.6 Å². The maximum Gasteiger partial charge on any atom is 0.416 e. The Morgan fingerprint density at radius 3 is 2.42 bits per heavy atom. The Bertz CT molecular complexity index is 1770. The van der Waals surface area contributed by atoms with E-state index in [-0.39, 0.29) is 45.7 Å².